The van der Waals surface area contributed by atoms with E-state index in [1.165, 1.54) is 29.3 Å². The number of carbonyl (C=O) groups excluding carboxylic acids is 1. The van der Waals surface area contributed by atoms with Gasteiger partial charge in [0.05, 0.1) is 10.8 Å². The number of sulfonamides is 1. The summed E-state index contributed by atoms with van der Waals surface area (Å²) in [7, 11) is -3.56. The van der Waals surface area contributed by atoms with Crippen molar-refractivity contribution in [3.8, 4) is 0 Å². The highest BCUT2D eigenvalue weighted by molar-refractivity contribution is 7.89. The molecular weight excluding hydrogens is 410 g/mol. The number of hydrogen-bond donors (Lipinski definition) is 1. The number of nitrogens with zero attached hydrogens (tertiary/aromatic N) is 2. The molecule has 2 saturated heterocycles. The van der Waals surface area contributed by atoms with E-state index in [1.54, 1.807) is 30.3 Å². The summed E-state index contributed by atoms with van der Waals surface area (Å²) in [5.74, 6) is -0.395. The Balaban J connectivity index is 1.32. The molecule has 31 heavy (non-hydrogen) atoms. The van der Waals surface area contributed by atoms with Gasteiger partial charge in [0.25, 0.3) is 0 Å². The molecule has 0 unspecified atom stereocenters. The van der Waals surface area contributed by atoms with Crippen LogP contribution in [0.15, 0.2) is 59.5 Å². The van der Waals surface area contributed by atoms with Gasteiger partial charge in [-0.25, -0.2) is 8.42 Å². The Morgan fingerprint density at radius 3 is 2.32 bits per heavy atom. The van der Waals surface area contributed by atoms with E-state index < -0.39 is 10.0 Å². The Bertz CT molecular complexity index is 971. The molecule has 2 heterocycles. The van der Waals surface area contributed by atoms with E-state index in [2.05, 4.69) is 34.5 Å². The zero-order chi connectivity index (χ0) is 21.7. The molecule has 0 aromatic heterocycles. The average Bonchev–Trinajstić information content (AvgIpc) is 2.84. The van der Waals surface area contributed by atoms with E-state index in [0.717, 1.165) is 18.7 Å². The van der Waals surface area contributed by atoms with Gasteiger partial charge in [0.15, 0.2) is 0 Å². The van der Waals surface area contributed by atoms with Crippen LogP contribution in [0.25, 0.3) is 0 Å². The van der Waals surface area contributed by atoms with Gasteiger partial charge in [-0.2, -0.15) is 4.31 Å². The third kappa shape index (κ3) is 5.28. The van der Waals surface area contributed by atoms with Crippen molar-refractivity contribution in [1.82, 2.24) is 9.62 Å². The first kappa shape index (κ1) is 21.8. The molecule has 2 fully saturated rings. The lowest BCUT2D eigenvalue weighted by Crippen LogP contribution is -2.45. The molecule has 2 aliphatic rings. The number of carbonyl (C=O) groups is 1. The Morgan fingerprint density at radius 1 is 0.903 bits per heavy atom. The molecule has 2 aromatic carbocycles. The lowest BCUT2D eigenvalue weighted by Gasteiger charge is -2.31. The van der Waals surface area contributed by atoms with Gasteiger partial charge >= 0.3 is 0 Å². The number of nitrogens with one attached hydrogen (secondary N) is 1. The van der Waals surface area contributed by atoms with Crippen LogP contribution in [-0.2, 0) is 21.4 Å². The Kier molecular flexibility index (Phi) is 6.92. The summed E-state index contributed by atoms with van der Waals surface area (Å²) in [4.78, 5) is 15.4. The monoisotopic (exact) mass is 441 g/mol. The standard InChI is InChI=1S/C24H31N3O3S/c28-24(25-18-20-11-13-22(14-12-20)26-15-5-2-6-16-26)21-8-7-17-27(19-21)31(29,30)23-9-3-1-4-10-23/h1,3-4,9-14,21H,2,5-8,15-19H2,(H,25,28)/t21-/m1/s1. The van der Waals surface area contributed by atoms with Crippen molar-refractivity contribution in [2.75, 3.05) is 31.1 Å². The van der Waals surface area contributed by atoms with Crippen LogP contribution >= 0.6 is 0 Å². The maximum Gasteiger partial charge on any atom is 0.243 e. The van der Waals surface area contributed by atoms with E-state index in [9.17, 15) is 13.2 Å². The van der Waals surface area contributed by atoms with Crippen LogP contribution in [-0.4, -0.2) is 44.8 Å². The Hall–Kier alpha value is -2.38. The molecule has 0 radical (unpaired) electrons. The Morgan fingerprint density at radius 2 is 1.61 bits per heavy atom. The van der Waals surface area contributed by atoms with E-state index in [-0.39, 0.29) is 23.3 Å². The van der Waals surface area contributed by atoms with Crippen LogP contribution < -0.4 is 10.2 Å². The normalized spacial score (nSPS) is 20.4. The van der Waals surface area contributed by atoms with Gasteiger partial charge in [0.1, 0.15) is 0 Å². The molecule has 6 nitrogen and oxygen atoms in total. The smallest absolute Gasteiger partial charge is 0.243 e. The molecule has 1 atom stereocenters. The lowest BCUT2D eigenvalue weighted by atomic mass is 9.98. The maximum absolute atomic E-state index is 12.9. The fourth-order valence-corrected chi connectivity index (χ4v) is 5.97. The average molecular weight is 442 g/mol. The van der Waals surface area contributed by atoms with Crippen molar-refractivity contribution in [2.24, 2.45) is 5.92 Å². The quantitative estimate of drug-likeness (QED) is 0.746. The summed E-state index contributed by atoms with van der Waals surface area (Å²) >= 11 is 0. The third-order valence-corrected chi connectivity index (χ3v) is 8.14. The first-order chi connectivity index (χ1) is 15.0. The van der Waals surface area contributed by atoms with Crippen LogP contribution in [0.4, 0.5) is 5.69 Å². The van der Waals surface area contributed by atoms with E-state index in [1.807, 2.05) is 0 Å². The van der Waals surface area contributed by atoms with Gasteiger partial charge in [0, 0.05) is 38.4 Å². The van der Waals surface area contributed by atoms with Crippen LogP contribution in [0.3, 0.4) is 0 Å². The molecule has 0 spiro atoms. The second-order valence-electron chi connectivity index (χ2n) is 8.45. The predicted molar refractivity (Wildman–Crippen MR) is 122 cm³/mol. The fourth-order valence-electron chi connectivity index (χ4n) is 4.43. The van der Waals surface area contributed by atoms with Crippen molar-refractivity contribution in [3.05, 3.63) is 60.2 Å². The summed E-state index contributed by atoms with van der Waals surface area (Å²) in [6.07, 6.45) is 5.20. The van der Waals surface area contributed by atoms with E-state index in [0.29, 0.717) is 25.9 Å². The molecule has 7 heteroatoms. The zero-order valence-electron chi connectivity index (χ0n) is 17.9. The molecule has 1 N–H and O–H groups in total. The second kappa shape index (κ2) is 9.83. The van der Waals surface area contributed by atoms with Gasteiger partial charge in [-0.05, 0) is 61.9 Å². The molecule has 4 rings (SSSR count). The number of benzene rings is 2. The number of rotatable bonds is 6. The second-order valence-corrected chi connectivity index (χ2v) is 10.4. The summed E-state index contributed by atoms with van der Waals surface area (Å²) in [6, 6.07) is 16.8. The van der Waals surface area contributed by atoms with Crippen molar-refractivity contribution in [1.29, 1.82) is 0 Å². The van der Waals surface area contributed by atoms with Crippen LogP contribution in [0.5, 0.6) is 0 Å². The van der Waals surface area contributed by atoms with E-state index in [4.69, 9.17) is 0 Å². The molecule has 166 valence electrons. The minimum atomic E-state index is -3.56. The summed E-state index contributed by atoms with van der Waals surface area (Å²) < 4.78 is 27.2. The van der Waals surface area contributed by atoms with Crippen LogP contribution in [0, 0.1) is 5.92 Å². The topological polar surface area (TPSA) is 69.7 Å². The van der Waals surface area contributed by atoms with Crippen molar-refractivity contribution < 1.29 is 13.2 Å². The highest BCUT2D eigenvalue weighted by Gasteiger charge is 2.33. The predicted octanol–water partition coefficient (Wildman–Crippen LogP) is 3.39. The molecule has 1 amide bonds. The largest absolute Gasteiger partial charge is 0.372 e. The minimum absolute atomic E-state index is 0.0759. The van der Waals surface area contributed by atoms with Gasteiger partial charge in [-0.3, -0.25) is 4.79 Å². The molecule has 0 saturated carbocycles. The number of amides is 1. The highest BCUT2D eigenvalue weighted by atomic mass is 32.2. The fraction of sp³-hybridized carbons (Fsp3) is 0.458. The summed E-state index contributed by atoms with van der Waals surface area (Å²) in [6.45, 7) is 3.37. The van der Waals surface area contributed by atoms with Gasteiger partial charge in [-0.15, -0.1) is 0 Å². The molecular formula is C24H31N3O3S. The van der Waals surface area contributed by atoms with Crippen LogP contribution in [0.1, 0.15) is 37.7 Å². The lowest BCUT2D eigenvalue weighted by molar-refractivity contribution is -0.126. The maximum atomic E-state index is 12.9. The number of piperidine rings is 2. The highest BCUT2D eigenvalue weighted by Crippen LogP contribution is 2.24. The molecule has 0 aliphatic carbocycles. The molecule has 0 bridgehead atoms. The van der Waals surface area contributed by atoms with Crippen molar-refractivity contribution >= 4 is 21.6 Å². The third-order valence-electron chi connectivity index (χ3n) is 6.26. The van der Waals surface area contributed by atoms with Gasteiger partial charge in [0.2, 0.25) is 15.9 Å². The number of anilines is 1. The van der Waals surface area contributed by atoms with Crippen molar-refractivity contribution in [3.63, 3.8) is 0 Å². The van der Waals surface area contributed by atoms with Crippen LogP contribution in [0.2, 0.25) is 0 Å². The summed E-state index contributed by atoms with van der Waals surface area (Å²) in [5, 5.41) is 3.01. The first-order valence-electron chi connectivity index (χ1n) is 11.2. The number of hydrogen-bond acceptors (Lipinski definition) is 4. The van der Waals surface area contributed by atoms with E-state index >= 15 is 0 Å². The van der Waals surface area contributed by atoms with Gasteiger partial charge < -0.3 is 10.2 Å². The molecule has 2 aliphatic heterocycles. The van der Waals surface area contributed by atoms with Gasteiger partial charge in [-0.1, -0.05) is 30.3 Å². The molecule has 2 aromatic rings. The van der Waals surface area contributed by atoms with Crippen molar-refractivity contribution in [2.45, 2.75) is 43.5 Å². The minimum Gasteiger partial charge on any atom is -0.372 e. The Labute approximate surface area is 185 Å². The zero-order valence-corrected chi connectivity index (χ0v) is 18.7. The SMILES string of the molecule is O=C(NCc1ccc(N2CCCCC2)cc1)[C@@H]1CCCN(S(=O)(=O)c2ccccc2)C1. The summed E-state index contributed by atoms with van der Waals surface area (Å²) in [5.41, 5.74) is 2.29. The first-order valence-corrected chi connectivity index (χ1v) is 12.6.